The molecule has 2 fully saturated rings. The molecule has 3 aliphatic rings. The van der Waals surface area contributed by atoms with Gasteiger partial charge in [-0.15, -0.1) is 0 Å². The van der Waals surface area contributed by atoms with E-state index in [1.54, 1.807) is 13.3 Å². The number of nitrogens with one attached hydrogen (secondary N) is 2. The second-order valence-electron chi connectivity index (χ2n) is 11.1. The number of aromatic nitrogens is 2. The van der Waals surface area contributed by atoms with Gasteiger partial charge in [0.2, 0.25) is 5.95 Å². The van der Waals surface area contributed by atoms with Crippen molar-refractivity contribution >= 4 is 60.7 Å². The molecule has 0 bridgehead atoms. The molecule has 218 valence electrons. The highest BCUT2D eigenvalue weighted by Crippen LogP contribution is 2.40. The topological polar surface area (TPSA) is 78.0 Å². The molecule has 0 atom stereocenters. The maximum atomic E-state index is 5.89. The molecule has 0 saturated carbocycles. The summed E-state index contributed by atoms with van der Waals surface area (Å²) in [5.41, 5.74) is 5.30. The minimum atomic E-state index is 0.474. The molecular weight excluding hydrogens is 650 g/mol. The third kappa shape index (κ3) is 6.28. The lowest BCUT2D eigenvalue weighted by Gasteiger charge is -2.43. The van der Waals surface area contributed by atoms with Crippen molar-refractivity contribution in [2.24, 2.45) is 0 Å². The number of likely N-dealkylation sites (N-methyl/N-ethyl adjacent to an activating group) is 1. The number of benzene rings is 2. The minimum absolute atomic E-state index is 0.474. The van der Waals surface area contributed by atoms with E-state index in [4.69, 9.17) is 14.5 Å². The van der Waals surface area contributed by atoms with Crippen LogP contribution in [-0.4, -0.2) is 85.8 Å². The van der Waals surface area contributed by atoms with E-state index in [1.807, 2.05) is 6.07 Å². The van der Waals surface area contributed by atoms with Crippen LogP contribution in [0.2, 0.25) is 0 Å². The predicted octanol–water partition coefficient (Wildman–Crippen LogP) is 5.96. The number of fused-ring (bicyclic) bond motifs is 1. The molecule has 2 saturated heterocycles. The molecule has 2 N–H and O–H groups in total. The lowest BCUT2D eigenvalue weighted by atomic mass is 10.0. The number of methoxy groups -OCH3 is 1. The minimum Gasteiger partial charge on any atom is -0.494 e. The van der Waals surface area contributed by atoms with Crippen molar-refractivity contribution in [1.82, 2.24) is 19.8 Å². The molecule has 9 nitrogen and oxygen atoms in total. The maximum absolute atomic E-state index is 5.89. The molecule has 0 unspecified atom stereocenters. The molecular formula is C30H37Br2N7O2. The molecule has 11 heteroatoms. The van der Waals surface area contributed by atoms with E-state index in [0.717, 1.165) is 51.3 Å². The largest absolute Gasteiger partial charge is 0.494 e. The van der Waals surface area contributed by atoms with Gasteiger partial charge >= 0.3 is 0 Å². The van der Waals surface area contributed by atoms with Gasteiger partial charge in [0.25, 0.3) is 0 Å². The number of rotatable bonds is 7. The van der Waals surface area contributed by atoms with Crippen LogP contribution in [0.15, 0.2) is 39.4 Å². The van der Waals surface area contributed by atoms with Crippen LogP contribution in [-0.2, 0) is 6.42 Å². The second-order valence-corrected chi connectivity index (χ2v) is 12.8. The van der Waals surface area contributed by atoms with Gasteiger partial charge in [0.15, 0.2) is 0 Å². The van der Waals surface area contributed by atoms with E-state index < -0.39 is 0 Å². The first-order chi connectivity index (χ1) is 19.9. The summed E-state index contributed by atoms with van der Waals surface area (Å²) in [6.07, 6.45) is 5.03. The van der Waals surface area contributed by atoms with Gasteiger partial charge < -0.3 is 29.9 Å². The fraction of sp³-hybridized carbons (Fsp3) is 0.467. The number of halogens is 2. The molecule has 0 aliphatic carbocycles. The monoisotopic (exact) mass is 685 g/mol. The third-order valence-electron chi connectivity index (χ3n) is 8.37. The van der Waals surface area contributed by atoms with Crippen molar-refractivity contribution in [2.45, 2.75) is 32.2 Å². The Balaban J connectivity index is 1.17. The van der Waals surface area contributed by atoms with E-state index in [-0.39, 0.29) is 0 Å². The van der Waals surface area contributed by atoms with Crippen LogP contribution in [0, 0.1) is 6.92 Å². The molecule has 6 rings (SSSR count). The SMILES string of the molecule is COc1cc(N2CCC(N3CCN(C)CC3)CC2)c(C)cc1Nc1ncc(Br)c(Nc2cc(Br)cc3c2OCC3)n1. The molecule has 0 amide bonds. The number of hydrogen-bond donors (Lipinski definition) is 2. The summed E-state index contributed by atoms with van der Waals surface area (Å²) in [7, 11) is 3.93. The fourth-order valence-electron chi connectivity index (χ4n) is 6.07. The Labute approximate surface area is 258 Å². The average Bonchev–Trinajstić information content (AvgIpc) is 3.44. The third-order valence-corrected chi connectivity index (χ3v) is 9.41. The van der Waals surface area contributed by atoms with E-state index in [9.17, 15) is 0 Å². The fourth-order valence-corrected chi connectivity index (χ4v) is 6.86. The Morgan fingerprint density at radius 1 is 0.976 bits per heavy atom. The van der Waals surface area contributed by atoms with Gasteiger partial charge in [-0.25, -0.2) is 4.98 Å². The zero-order chi connectivity index (χ0) is 28.5. The van der Waals surface area contributed by atoms with Crippen molar-refractivity contribution in [2.75, 3.05) is 75.6 Å². The lowest BCUT2D eigenvalue weighted by molar-refractivity contribution is 0.0982. The summed E-state index contributed by atoms with van der Waals surface area (Å²) in [6.45, 7) is 9.67. The van der Waals surface area contributed by atoms with Crippen molar-refractivity contribution in [1.29, 1.82) is 0 Å². The van der Waals surface area contributed by atoms with Crippen LogP contribution in [0.3, 0.4) is 0 Å². The second kappa shape index (κ2) is 12.3. The van der Waals surface area contributed by atoms with Crippen LogP contribution >= 0.6 is 31.9 Å². The van der Waals surface area contributed by atoms with E-state index in [1.165, 1.54) is 55.8 Å². The molecule has 3 aromatic rings. The maximum Gasteiger partial charge on any atom is 0.229 e. The Bertz CT molecular complexity index is 1410. The number of piperidine rings is 1. The Morgan fingerprint density at radius 3 is 2.51 bits per heavy atom. The van der Waals surface area contributed by atoms with Gasteiger partial charge in [-0.1, -0.05) is 15.9 Å². The Hall–Kier alpha value is -2.60. The van der Waals surface area contributed by atoms with Gasteiger partial charge in [-0.3, -0.25) is 4.90 Å². The highest BCUT2D eigenvalue weighted by atomic mass is 79.9. The smallest absolute Gasteiger partial charge is 0.229 e. The van der Waals surface area contributed by atoms with Crippen molar-refractivity contribution in [3.05, 3.63) is 50.5 Å². The number of nitrogens with zero attached hydrogens (tertiary/aromatic N) is 5. The first-order valence-corrected chi connectivity index (χ1v) is 15.8. The van der Waals surface area contributed by atoms with E-state index in [0.29, 0.717) is 24.4 Å². The number of piperazine rings is 1. The van der Waals surface area contributed by atoms with Crippen LogP contribution < -0.4 is 25.0 Å². The summed E-state index contributed by atoms with van der Waals surface area (Å²) >= 11 is 7.21. The molecule has 0 spiro atoms. The Kier molecular flexibility index (Phi) is 8.57. The molecule has 41 heavy (non-hydrogen) atoms. The zero-order valence-electron chi connectivity index (χ0n) is 23.8. The summed E-state index contributed by atoms with van der Waals surface area (Å²) in [5.74, 6) is 2.76. The number of anilines is 5. The van der Waals surface area contributed by atoms with Crippen LogP contribution in [0.25, 0.3) is 0 Å². The standard InChI is InChI=1S/C30H37Br2N7O2/c1-19-14-24(27(40-3)17-26(19)39-7-4-22(5-8-39)38-11-9-37(2)10-12-38)35-30-33-18-23(32)29(36-30)34-25-16-21(31)15-20-6-13-41-28(20)25/h14-18,22H,4-13H2,1-3H3,(H2,33,34,35,36). The van der Waals surface area contributed by atoms with Gasteiger partial charge in [0.1, 0.15) is 17.3 Å². The molecule has 4 heterocycles. The zero-order valence-corrected chi connectivity index (χ0v) is 27.0. The van der Waals surface area contributed by atoms with E-state index >= 15 is 0 Å². The Morgan fingerprint density at radius 2 is 1.76 bits per heavy atom. The van der Waals surface area contributed by atoms with Crippen molar-refractivity contribution in [3.8, 4) is 11.5 Å². The lowest BCUT2D eigenvalue weighted by Crippen LogP contribution is -2.52. The first kappa shape index (κ1) is 28.5. The highest BCUT2D eigenvalue weighted by Gasteiger charge is 2.28. The van der Waals surface area contributed by atoms with Crippen LogP contribution in [0.4, 0.5) is 28.8 Å². The molecule has 0 radical (unpaired) electrons. The van der Waals surface area contributed by atoms with Gasteiger partial charge in [-0.2, -0.15) is 4.98 Å². The number of ether oxygens (including phenoxy) is 2. The van der Waals surface area contributed by atoms with Crippen molar-refractivity contribution in [3.63, 3.8) is 0 Å². The van der Waals surface area contributed by atoms with Crippen LogP contribution in [0.5, 0.6) is 11.5 Å². The van der Waals surface area contributed by atoms with Crippen molar-refractivity contribution < 1.29 is 9.47 Å². The molecule has 3 aliphatic heterocycles. The number of aryl methyl sites for hydroxylation is 1. The summed E-state index contributed by atoms with van der Waals surface area (Å²) < 4.78 is 13.5. The summed E-state index contributed by atoms with van der Waals surface area (Å²) in [4.78, 5) is 16.9. The predicted molar refractivity (Wildman–Crippen MR) is 172 cm³/mol. The molecule has 1 aromatic heterocycles. The normalized spacial score (nSPS) is 18.2. The summed E-state index contributed by atoms with van der Waals surface area (Å²) in [5, 5.41) is 6.81. The van der Waals surface area contributed by atoms with E-state index in [2.05, 4.69) is 94.3 Å². The van der Waals surface area contributed by atoms with Gasteiger partial charge in [-0.05, 0) is 66.5 Å². The quantitative estimate of drug-likeness (QED) is 0.313. The highest BCUT2D eigenvalue weighted by molar-refractivity contribution is 9.10. The molecule has 2 aromatic carbocycles. The van der Waals surface area contributed by atoms with Gasteiger partial charge in [0.05, 0.1) is 29.6 Å². The number of hydrogen-bond acceptors (Lipinski definition) is 9. The average molecular weight is 687 g/mol. The van der Waals surface area contributed by atoms with Gasteiger partial charge in [0, 0.05) is 79.7 Å². The summed E-state index contributed by atoms with van der Waals surface area (Å²) in [6, 6.07) is 9.07. The van der Waals surface area contributed by atoms with Crippen LogP contribution in [0.1, 0.15) is 24.0 Å². The first-order valence-electron chi connectivity index (χ1n) is 14.3.